The number of esters is 1. The van der Waals surface area contributed by atoms with Crippen LogP contribution in [0.4, 0.5) is 0 Å². The zero-order valence-electron chi connectivity index (χ0n) is 15.9. The molecule has 0 aromatic heterocycles. The summed E-state index contributed by atoms with van der Waals surface area (Å²) in [6.07, 6.45) is 2.37. The van der Waals surface area contributed by atoms with E-state index in [0.29, 0.717) is 26.2 Å². The molecule has 2 rings (SSSR count). The fourth-order valence-electron chi connectivity index (χ4n) is 2.92. The molecule has 0 spiro atoms. The van der Waals surface area contributed by atoms with Crippen molar-refractivity contribution in [2.45, 2.75) is 32.4 Å². The summed E-state index contributed by atoms with van der Waals surface area (Å²) in [7, 11) is 1.39. The number of nitrogens with zero attached hydrogens (tertiary/aromatic N) is 1. The lowest BCUT2D eigenvalue weighted by Crippen LogP contribution is -2.31. The highest BCUT2D eigenvalue weighted by Gasteiger charge is 2.21. The van der Waals surface area contributed by atoms with Crippen molar-refractivity contribution in [1.29, 1.82) is 0 Å². The van der Waals surface area contributed by atoms with Crippen LogP contribution in [0.15, 0.2) is 60.7 Å². The Labute approximate surface area is 161 Å². The van der Waals surface area contributed by atoms with Crippen LogP contribution in [0.3, 0.4) is 0 Å². The zero-order chi connectivity index (χ0) is 19.3. The fourth-order valence-corrected chi connectivity index (χ4v) is 2.92. The number of carbonyl (C=O) groups excluding carboxylic acids is 1. The molecule has 0 saturated heterocycles. The van der Waals surface area contributed by atoms with Gasteiger partial charge in [-0.25, -0.2) is 0 Å². The van der Waals surface area contributed by atoms with Gasteiger partial charge in [0.15, 0.2) is 0 Å². The lowest BCUT2D eigenvalue weighted by molar-refractivity contribution is -0.155. The van der Waals surface area contributed by atoms with Gasteiger partial charge in [0.25, 0.3) is 0 Å². The molecule has 1 atom stereocenters. The predicted octanol–water partition coefficient (Wildman–Crippen LogP) is 4.05. The van der Waals surface area contributed by atoms with E-state index in [1.165, 1.54) is 12.2 Å². The molecule has 0 aliphatic heterocycles. The van der Waals surface area contributed by atoms with Crippen molar-refractivity contribution >= 4 is 5.97 Å². The van der Waals surface area contributed by atoms with E-state index in [9.17, 15) is 10.0 Å². The number of ether oxygens (including phenoxy) is 2. The predicted molar refractivity (Wildman–Crippen MR) is 104 cm³/mol. The fraction of sp³-hybridized carbons (Fsp3) is 0.409. The van der Waals surface area contributed by atoms with Gasteiger partial charge in [-0.3, -0.25) is 4.79 Å². The molecule has 146 valence electrons. The number of hydroxylamine groups is 2. The summed E-state index contributed by atoms with van der Waals surface area (Å²) in [6.45, 7) is 1.89. The van der Waals surface area contributed by atoms with Crippen LogP contribution in [0.2, 0.25) is 0 Å². The van der Waals surface area contributed by atoms with Gasteiger partial charge >= 0.3 is 5.97 Å². The average Bonchev–Trinajstić information content (AvgIpc) is 2.70. The maximum atomic E-state index is 12.0. The molecule has 2 aromatic rings. The van der Waals surface area contributed by atoms with E-state index >= 15 is 0 Å². The topological polar surface area (TPSA) is 59.0 Å². The first-order valence-electron chi connectivity index (χ1n) is 9.36. The quantitative estimate of drug-likeness (QED) is 0.346. The van der Waals surface area contributed by atoms with Gasteiger partial charge < -0.3 is 14.7 Å². The first-order chi connectivity index (χ1) is 13.2. The Balaban J connectivity index is 1.68. The van der Waals surface area contributed by atoms with Gasteiger partial charge in [-0.05, 0) is 24.0 Å². The third kappa shape index (κ3) is 8.35. The van der Waals surface area contributed by atoms with Crippen molar-refractivity contribution in [3.05, 3.63) is 71.8 Å². The van der Waals surface area contributed by atoms with E-state index in [0.717, 1.165) is 24.0 Å². The summed E-state index contributed by atoms with van der Waals surface area (Å²) >= 11 is 0. The zero-order valence-corrected chi connectivity index (χ0v) is 15.9. The maximum absolute atomic E-state index is 12.0. The van der Waals surface area contributed by atoms with Gasteiger partial charge in [0.05, 0.1) is 19.6 Å². The van der Waals surface area contributed by atoms with Gasteiger partial charge in [-0.1, -0.05) is 67.1 Å². The van der Waals surface area contributed by atoms with Gasteiger partial charge in [0, 0.05) is 19.7 Å². The SMILES string of the molecule is COC(=O)C(CCCCOCc1ccccc1)CN(O)Cc1ccccc1. The van der Waals surface area contributed by atoms with Gasteiger partial charge in [0.2, 0.25) is 0 Å². The van der Waals surface area contributed by atoms with Crippen molar-refractivity contribution < 1.29 is 19.5 Å². The average molecular weight is 371 g/mol. The molecule has 0 aliphatic rings. The highest BCUT2D eigenvalue weighted by Crippen LogP contribution is 2.14. The number of hydrogen-bond donors (Lipinski definition) is 1. The van der Waals surface area contributed by atoms with Crippen LogP contribution >= 0.6 is 0 Å². The molecule has 1 N–H and O–H groups in total. The van der Waals surface area contributed by atoms with E-state index in [1.807, 2.05) is 60.7 Å². The molecular formula is C22H29NO4. The third-order valence-corrected chi connectivity index (χ3v) is 4.38. The lowest BCUT2D eigenvalue weighted by atomic mass is 10.0. The van der Waals surface area contributed by atoms with Crippen molar-refractivity contribution in [2.75, 3.05) is 20.3 Å². The van der Waals surface area contributed by atoms with E-state index in [-0.39, 0.29) is 18.4 Å². The van der Waals surface area contributed by atoms with Gasteiger partial charge in [-0.2, -0.15) is 5.06 Å². The van der Waals surface area contributed by atoms with Crippen LogP contribution < -0.4 is 0 Å². The second-order valence-electron chi connectivity index (χ2n) is 6.59. The maximum Gasteiger partial charge on any atom is 0.310 e. The number of hydrogen-bond acceptors (Lipinski definition) is 5. The molecular weight excluding hydrogens is 342 g/mol. The minimum atomic E-state index is -0.349. The molecule has 0 aliphatic carbocycles. The monoisotopic (exact) mass is 371 g/mol. The van der Waals surface area contributed by atoms with Gasteiger partial charge in [0.1, 0.15) is 0 Å². The molecule has 0 fully saturated rings. The molecule has 5 nitrogen and oxygen atoms in total. The standard InChI is InChI=1S/C22H29NO4/c1-26-22(24)21(17-23(25)16-19-10-4-2-5-11-19)14-8-9-15-27-18-20-12-6-3-7-13-20/h2-7,10-13,21,25H,8-9,14-18H2,1H3. The van der Waals surface area contributed by atoms with Crippen molar-refractivity contribution in [3.8, 4) is 0 Å². The number of carbonyl (C=O) groups is 1. The first-order valence-corrected chi connectivity index (χ1v) is 9.36. The summed E-state index contributed by atoms with van der Waals surface area (Å²) < 4.78 is 10.6. The third-order valence-electron chi connectivity index (χ3n) is 4.38. The largest absolute Gasteiger partial charge is 0.469 e. The van der Waals surface area contributed by atoms with Crippen molar-refractivity contribution in [2.24, 2.45) is 5.92 Å². The van der Waals surface area contributed by atoms with Crippen LogP contribution in [0.1, 0.15) is 30.4 Å². The number of unbranched alkanes of at least 4 members (excludes halogenated alkanes) is 1. The highest BCUT2D eigenvalue weighted by atomic mass is 16.5. The number of benzene rings is 2. The number of rotatable bonds is 12. The summed E-state index contributed by atoms with van der Waals surface area (Å²) in [5.74, 6) is -0.634. The van der Waals surface area contributed by atoms with E-state index in [2.05, 4.69) is 0 Å². The second-order valence-corrected chi connectivity index (χ2v) is 6.59. The molecule has 1 unspecified atom stereocenters. The summed E-state index contributed by atoms with van der Waals surface area (Å²) in [6, 6.07) is 19.7. The van der Waals surface area contributed by atoms with Gasteiger partial charge in [-0.15, -0.1) is 0 Å². The molecule has 0 amide bonds. The Morgan fingerprint density at radius 1 is 1.00 bits per heavy atom. The van der Waals surface area contributed by atoms with Crippen LogP contribution in [0.25, 0.3) is 0 Å². The molecule has 0 radical (unpaired) electrons. The Morgan fingerprint density at radius 2 is 1.63 bits per heavy atom. The van der Waals surface area contributed by atoms with E-state index in [4.69, 9.17) is 9.47 Å². The number of methoxy groups -OCH3 is 1. The van der Waals surface area contributed by atoms with Crippen molar-refractivity contribution in [3.63, 3.8) is 0 Å². The Bertz CT molecular complexity index is 648. The van der Waals surface area contributed by atoms with Crippen LogP contribution in [-0.2, 0) is 27.4 Å². The first kappa shape index (κ1) is 21.1. The lowest BCUT2D eigenvalue weighted by Gasteiger charge is -2.21. The summed E-state index contributed by atoms with van der Waals surface area (Å²) in [4.78, 5) is 12.0. The molecule has 0 saturated carbocycles. The Hall–Kier alpha value is -2.21. The Morgan fingerprint density at radius 3 is 2.26 bits per heavy atom. The normalized spacial score (nSPS) is 12.1. The highest BCUT2D eigenvalue weighted by molar-refractivity contribution is 5.72. The van der Waals surface area contributed by atoms with E-state index < -0.39 is 0 Å². The smallest absolute Gasteiger partial charge is 0.310 e. The van der Waals surface area contributed by atoms with Crippen LogP contribution in [0, 0.1) is 5.92 Å². The summed E-state index contributed by atoms with van der Waals surface area (Å²) in [5.41, 5.74) is 2.15. The molecule has 0 bridgehead atoms. The van der Waals surface area contributed by atoms with E-state index in [1.54, 1.807) is 0 Å². The minimum Gasteiger partial charge on any atom is -0.469 e. The Kier molecular flexibility index (Phi) is 9.55. The molecule has 5 heteroatoms. The molecule has 27 heavy (non-hydrogen) atoms. The van der Waals surface area contributed by atoms with Crippen LogP contribution in [-0.4, -0.2) is 36.5 Å². The molecule has 0 heterocycles. The minimum absolute atomic E-state index is 0.256. The summed E-state index contributed by atoms with van der Waals surface area (Å²) in [5, 5.41) is 11.4. The van der Waals surface area contributed by atoms with Crippen molar-refractivity contribution in [1.82, 2.24) is 5.06 Å². The second kappa shape index (κ2) is 12.2. The molecule has 2 aromatic carbocycles. The van der Waals surface area contributed by atoms with Crippen LogP contribution in [0.5, 0.6) is 0 Å².